The Morgan fingerprint density at radius 2 is 1.93 bits per heavy atom. The van der Waals surface area contributed by atoms with Gasteiger partial charge in [-0.05, 0) is 29.8 Å². The molecule has 1 aromatic carbocycles. The van der Waals surface area contributed by atoms with Crippen LogP contribution in [0, 0.1) is 11.7 Å². The van der Waals surface area contributed by atoms with Gasteiger partial charge < -0.3 is 19.1 Å². The summed E-state index contributed by atoms with van der Waals surface area (Å²) in [5, 5.41) is 13.6. The van der Waals surface area contributed by atoms with Crippen LogP contribution in [-0.4, -0.2) is 35.4 Å². The molecule has 2 unspecified atom stereocenters. The quantitative estimate of drug-likeness (QED) is 0.504. The van der Waals surface area contributed by atoms with Crippen LogP contribution in [0.2, 0.25) is 0 Å². The first-order valence-corrected chi connectivity index (χ1v) is 8.04. The summed E-state index contributed by atoms with van der Waals surface area (Å²) in [5.41, 5.74) is 0.194. The van der Waals surface area contributed by atoms with Gasteiger partial charge in [0.15, 0.2) is 0 Å². The number of nitrogens with zero attached hydrogens (tertiary/aromatic N) is 1. The van der Waals surface area contributed by atoms with E-state index in [0.29, 0.717) is 0 Å². The molecule has 2 aromatic rings. The van der Waals surface area contributed by atoms with Crippen molar-refractivity contribution in [3.63, 3.8) is 0 Å². The average molecular weight is 409 g/mol. The van der Waals surface area contributed by atoms with Gasteiger partial charge >= 0.3 is 18.5 Å². The van der Waals surface area contributed by atoms with Gasteiger partial charge in [0.25, 0.3) is 5.88 Å². The van der Waals surface area contributed by atoms with Gasteiger partial charge in [-0.3, -0.25) is 4.79 Å². The molecule has 1 N–H and O–H groups in total. The Kier molecular flexibility index (Phi) is 6.95. The summed E-state index contributed by atoms with van der Waals surface area (Å²) in [6, 6.07) is 5.45. The molecule has 0 aliphatic carbocycles. The Labute approximate surface area is 155 Å². The highest BCUT2D eigenvalue weighted by Gasteiger charge is 2.45. The fraction of sp³-hybridized carbons (Fsp3) is 0.412. The summed E-state index contributed by atoms with van der Waals surface area (Å²) in [4.78, 5) is 12.2. The highest BCUT2D eigenvalue weighted by atomic mass is 19.3. The molecule has 0 saturated heterocycles. The molecule has 0 aliphatic rings. The number of benzene rings is 1. The molecule has 0 fully saturated rings. The first kappa shape index (κ1) is 21.6. The molecule has 0 aliphatic heterocycles. The molecule has 28 heavy (non-hydrogen) atoms. The number of aliphatic hydroxyl groups is 1. The number of aliphatic hydroxyl groups excluding tert-OH is 1. The van der Waals surface area contributed by atoms with Gasteiger partial charge in [0.1, 0.15) is 11.6 Å². The fourth-order valence-electron chi connectivity index (χ4n) is 2.30. The van der Waals surface area contributed by atoms with Gasteiger partial charge in [0.2, 0.25) is 0 Å². The van der Waals surface area contributed by atoms with E-state index in [9.17, 15) is 31.9 Å². The third-order valence-electron chi connectivity index (χ3n) is 3.64. The molecule has 1 heterocycles. The molecule has 6 nitrogen and oxygen atoms in total. The van der Waals surface area contributed by atoms with Crippen LogP contribution in [0.25, 0.3) is 0 Å². The zero-order chi connectivity index (χ0) is 20.9. The normalized spacial score (nSPS) is 14.0. The van der Waals surface area contributed by atoms with Crippen LogP contribution < -0.4 is 4.74 Å². The summed E-state index contributed by atoms with van der Waals surface area (Å²) in [6.07, 6.45) is -10.7. The maximum absolute atomic E-state index is 13.0. The summed E-state index contributed by atoms with van der Waals surface area (Å²) in [7, 11) is 0. The lowest BCUT2D eigenvalue weighted by atomic mass is 9.92. The van der Waals surface area contributed by atoms with Crippen LogP contribution in [0.5, 0.6) is 5.88 Å². The van der Waals surface area contributed by atoms with Gasteiger partial charge in [0, 0.05) is 12.5 Å². The van der Waals surface area contributed by atoms with Crippen molar-refractivity contribution in [1.82, 2.24) is 5.16 Å². The smallest absolute Gasteiger partial charge is 0.462 e. The Hall–Kier alpha value is -2.69. The predicted octanol–water partition coefficient (Wildman–Crippen LogP) is 3.51. The van der Waals surface area contributed by atoms with Crippen molar-refractivity contribution in [2.75, 3.05) is 6.61 Å². The Bertz CT molecular complexity index is 781. The summed E-state index contributed by atoms with van der Waals surface area (Å²) in [5.74, 6) is -3.77. The SMILES string of the molecule is CCOC(=O)C(Cc1cc(OC(F)(F)C(F)F)no1)C(O)c1ccc(F)cc1. The number of ether oxygens (including phenoxy) is 2. The molecule has 2 atom stereocenters. The van der Waals surface area contributed by atoms with E-state index in [1.54, 1.807) is 0 Å². The van der Waals surface area contributed by atoms with Gasteiger partial charge in [-0.25, -0.2) is 4.39 Å². The van der Waals surface area contributed by atoms with Crippen molar-refractivity contribution in [3.05, 3.63) is 47.5 Å². The lowest BCUT2D eigenvalue weighted by molar-refractivity contribution is -0.255. The van der Waals surface area contributed by atoms with E-state index < -0.39 is 42.2 Å². The van der Waals surface area contributed by atoms with Crippen LogP contribution in [0.4, 0.5) is 22.0 Å². The second kappa shape index (κ2) is 9.00. The molecule has 2 rings (SSSR count). The molecule has 0 bridgehead atoms. The van der Waals surface area contributed by atoms with E-state index in [4.69, 9.17) is 9.26 Å². The minimum Gasteiger partial charge on any atom is -0.466 e. The number of aromatic nitrogens is 1. The lowest BCUT2D eigenvalue weighted by Gasteiger charge is -2.20. The van der Waals surface area contributed by atoms with E-state index in [2.05, 4.69) is 9.89 Å². The van der Waals surface area contributed by atoms with Crippen LogP contribution in [0.1, 0.15) is 24.4 Å². The number of alkyl halides is 4. The number of carbonyl (C=O) groups excluding carboxylic acids is 1. The van der Waals surface area contributed by atoms with E-state index in [-0.39, 0.29) is 24.4 Å². The van der Waals surface area contributed by atoms with Gasteiger partial charge in [0.05, 0.1) is 18.6 Å². The zero-order valence-electron chi connectivity index (χ0n) is 14.5. The van der Waals surface area contributed by atoms with Crippen molar-refractivity contribution >= 4 is 5.97 Å². The van der Waals surface area contributed by atoms with E-state index in [1.807, 2.05) is 0 Å². The van der Waals surface area contributed by atoms with E-state index in [0.717, 1.165) is 18.2 Å². The standard InChI is InChI=1S/C17H16F5NO5/c1-2-26-15(25)12(14(24)9-3-5-10(18)6-4-9)7-11-8-13(23-28-11)27-17(21,22)16(19)20/h3-6,8,12,14,16,24H,2,7H2,1H3. The molecule has 0 amide bonds. The molecule has 1 aromatic heterocycles. The molecule has 0 radical (unpaired) electrons. The zero-order valence-corrected chi connectivity index (χ0v) is 14.5. The van der Waals surface area contributed by atoms with Crippen molar-refractivity contribution in [2.24, 2.45) is 5.92 Å². The topological polar surface area (TPSA) is 81.8 Å². The largest absolute Gasteiger partial charge is 0.466 e. The summed E-state index contributed by atoms with van der Waals surface area (Å²) in [6.45, 7) is 1.53. The first-order chi connectivity index (χ1) is 13.1. The van der Waals surface area contributed by atoms with Gasteiger partial charge in [-0.1, -0.05) is 12.1 Å². The average Bonchev–Trinajstić information content (AvgIpc) is 3.06. The lowest BCUT2D eigenvalue weighted by Crippen LogP contribution is -2.33. The van der Waals surface area contributed by atoms with Crippen LogP contribution >= 0.6 is 0 Å². The fourth-order valence-corrected chi connectivity index (χ4v) is 2.30. The molecule has 0 spiro atoms. The van der Waals surface area contributed by atoms with E-state index in [1.165, 1.54) is 19.1 Å². The molecule has 154 valence electrons. The third kappa shape index (κ3) is 5.41. The van der Waals surface area contributed by atoms with Crippen molar-refractivity contribution in [1.29, 1.82) is 0 Å². The molecular weight excluding hydrogens is 393 g/mol. The Morgan fingerprint density at radius 3 is 2.50 bits per heavy atom. The van der Waals surface area contributed by atoms with Crippen LogP contribution in [-0.2, 0) is 16.0 Å². The number of rotatable bonds is 9. The highest BCUT2D eigenvalue weighted by Crippen LogP contribution is 2.30. The summed E-state index contributed by atoms with van der Waals surface area (Å²) >= 11 is 0. The summed E-state index contributed by atoms with van der Waals surface area (Å²) < 4.78 is 76.6. The van der Waals surface area contributed by atoms with Crippen LogP contribution in [0.15, 0.2) is 34.9 Å². The van der Waals surface area contributed by atoms with Gasteiger partial charge in [-0.15, -0.1) is 0 Å². The maximum Gasteiger partial charge on any atom is 0.462 e. The minimum absolute atomic E-state index is 0.00313. The first-order valence-electron chi connectivity index (χ1n) is 8.04. The molecular formula is C17H16F5NO5. The molecule has 11 heteroatoms. The number of hydrogen-bond acceptors (Lipinski definition) is 6. The minimum atomic E-state index is -4.78. The predicted molar refractivity (Wildman–Crippen MR) is 83.3 cm³/mol. The van der Waals surface area contributed by atoms with Gasteiger partial charge in [-0.2, -0.15) is 17.6 Å². The van der Waals surface area contributed by atoms with E-state index >= 15 is 0 Å². The third-order valence-corrected chi connectivity index (χ3v) is 3.64. The Balaban J connectivity index is 2.19. The Morgan fingerprint density at radius 1 is 1.29 bits per heavy atom. The van der Waals surface area contributed by atoms with Crippen molar-refractivity contribution < 1.29 is 45.8 Å². The number of halogens is 5. The maximum atomic E-state index is 13.0. The van der Waals surface area contributed by atoms with Crippen molar-refractivity contribution in [2.45, 2.75) is 32.0 Å². The highest BCUT2D eigenvalue weighted by molar-refractivity contribution is 5.73. The number of carbonyl (C=O) groups is 1. The van der Waals surface area contributed by atoms with Crippen LogP contribution in [0.3, 0.4) is 0 Å². The molecule has 0 saturated carbocycles. The van der Waals surface area contributed by atoms with Crippen molar-refractivity contribution in [3.8, 4) is 5.88 Å². The number of esters is 1. The second-order valence-electron chi connectivity index (χ2n) is 5.66. The monoisotopic (exact) mass is 409 g/mol. The second-order valence-corrected chi connectivity index (χ2v) is 5.66. The number of hydrogen-bond donors (Lipinski definition) is 1.